The fourth-order valence-corrected chi connectivity index (χ4v) is 2.01. The highest BCUT2D eigenvalue weighted by atomic mass is 16.5. The summed E-state index contributed by atoms with van der Waals surface area (Å²) >= 11 is 0. The van der Waals surface area contributed by atoms with Crippen LogP contribution < -0.4 is 0 Å². The molecule has 1 aromatic carbocycles. The summed E-state index contributed by atoms with van der Waals surface area (Å²) in [5.41, 5.74) is 1.05. The molecule has 0 bridgehead atoms. The topological polar surface area (TPSA) is 26.3 Å². The average Bonchev–Trinajstić information content (AvgIpc) is 2.38. The van der Waals surface area contributed by atoms with Crippen molar-refractivity contribution in [2.75, 3.05) is 0 Å². The van der Waals surface area contributed by atoms with Crippen LogP contribution in [0.3, 0.4) is 0 Å². The van der Waals surface area contributed by atoms with Gasteiger partial charge in [-0.2, -0.15) is 0 Å². The average molecular weight is 217 g/mol. The molecule has 85 valence electrons. The highest BCUT2D eigenvalue weighted by molar-refractivity contribution is 5.84. The van der Waals surface area contributed by atoms with E-state index in [-0.39, 0.29) is 5.97 Å². The van der Waals surface area contributed by atoms with Gasteiger partial charge in [-0.15, -0.1) is 0 Å². The van der Waals surface area contributed by atoms with Gasteiger partial charge in [-0.3, -0.25) is 4.79 Å². The fourth-order valence-electron chi connectivity index (χ4n) is 2.01. The van der Waals surface area contributed by atoms with E-state index in [2.05, 4.69) is 0 Å². The van der Waals surface area contributed by atoms with Gasteiger partial charge in [-0.1, -0.05) is 49.6 Å². The summed E-state index contributed by atoms with van der Waals surface area (Å²) in [5.74, 6) is 0.880. The third-order valence-corrected chi connectivity index (χ3v) is 2.96. The summed E-state index contributed by atoms with van der Waals surface area (Å²) in [6.07, 6.45) is 5.36. The van der Waals surface area contributed by atoms with Gasteiger partial charge < -0.3 is 4.74 Å². The number of carbonyl (C=O) groups is 1. The molecule has 1 fully saturated rings. The molecule has 1 aliphatic carbocycles. The summed E-state index contributed by atoms with van der Waals surface area (Å²) in [7, 11) is 0. The molecule has 16 heavy (non-hydrogen) atoms. The number of rotatable bonds is 3. The van der Waals surface area contributed by atoms with Crippen molar-refractivity contribution in [2.45, 2.75) is 38.7 Å². The normalized spacial score (nSPS) is 17.0. The van der Waals surface area contributed by atoms with Crippen LogP contribution in [0.2, 0.25) is 0 Å². The van der Waals surface area contributed by atoms with Crippen LogP contribution in [0.15, 0.2) is 30.3 Å². The molecule has 0 aliphatic heterocycles. The SMILES string of the molecule is O=C(OCc1ccccc1)[C]1CCCCC1. The third kappa shape index (κ3) is 3.09. The molecule has 1 saturated carbocycles. The van der Waals surface area contributed by atoms with Crippen LogP contribution in [0.25, 0.3) is 0 Å². The second-order valence-corrected chi connectivity index (χ2v) is 4.23. The first-order valence-electron chi connectivity index (χ1n) is 5.92. The van der Waals surface area contributed by atoms with Gasteiger partial charge in [0.25, 0.3) is 0 Å². The minimum absolute atomic E-state index is 0.0939. The highest BCUT2D eigenvalue weighted by Crippen LogP contribution is 2.26. The lowest BCUT2D eigenvalue weighted by molar-refractivity contribution is -0.143. The van der Waals surface area contributed by atoms with Crippen molar-refractivity contribution in [3.8, 4) is 0 Å². The van der Waals surface area contributed by atoms with E-state index in [0.29, 0.717) is 6.61 Å². The number of hydrogen-bond donors (Lipinski definition) is 0. The van der Waals surface area contributed by atoms with Gasteiger partial charge in [-0.25, -0.2) is 0 Å². The molecule has 0 N–H and O–H groups in total. The zero-order chi connectivity index (χ0) is 11.2. The molecule has 0 unspecified atom stereocenters. The van der Waals surface area contributed by atoms with Crippen molar-refractivity contribution < 1.29 is 9.53 Å². The zero-order valence-electron chi connectivity index (χ0n) is 9.45. The Morgan fingerprint density at radius 3 is 2.44 bits per heavy atom. The van der Waals surface area contributed by atoms with Gasteiger partial charge in [0, 0.05) is 0 Å². The number of hydrogen-bond acceptors (Lipinski definition) is 2. The van der Waals surface area contributed by atoms with Crippen LogP contribution in [0.5, 0.6) is 0 Å². The molecule has 2 heteroatoms. The molecular formula is C14H17O2. The van der Waals surface area contributed by atoms with E-state index >= 15 is 0 Å². The van der Waals surface area contributed by atoms with Gasteiger partial charge in [0.1, 0.15) is 6.61 Å². The minimum atomic E-state index is -0.0939. The van der Waals surface area contributed by atoms with E-state index in [1.165, 1.54) is 6.42 Å². The van der Waals surface area contributed by atoms with Crippen LogP contribution in [0.1, 0.15) is 37.7 Å². The Morgan fingerprint density at radius 2 is 1.75 bits per heavy atom. The van der Waals surface area contributed by atoms with Crippen LogP contribution >= 0.6 is 0 Å². The maximum absolute atomic E-state index is 11.7. The molecule has 0 aromatic heterocycles. The maximum Gasteiger partial charge on any atom is 0.313 e. The number of ether oxygens (including phenoxy) is 1. The van der Waals surface area contributed by atoms with E-state index in [9.17, 15) is 4.79 Å². The molecule has 0 atom stereocenters. The Kier molecular flexibility index (Phi) is 3.97. The van der Waals surface area contributed by atoms with E-state index in [0.717, 1.165) is 37.2 Å². The molecule has 0 spiro atoms. The van der Waals surface area contributed by atoms with Gasteiger partial charge >= 0.3 is 5.97 Å². The zero-order valence-corrected chi connectivity index (χ0v) is 9.45. The second kappa shape index (κ2) is 5.69. The summed E-state index contributed by atoms with van der Waals surface area (Å²) < 4.78 is 5.29. The summed E-state index contributed by atoms with van der Waals surface area (Å²) in [4.78, 5) is 11.7. The van der Waals surface area contributed by atoms with Gasteiger partial charge in [0.2, 0.25) is 0 Å². The van der Waals surface area contributed by atoms with E-state index in [1.807, 2.05) is 30.3 Å². The standard InChI is InChI=1S/C14H17O2/c15-14(13-9-5-2-6-10-13)16-11-12-7-3-1-4-8-12/h1,3-4,7-8H,2,5-6,9-11H2. The summed E-state index contributed by atoms with van der Waals surface area (Å²) in [5, 5.41) is 0. The van der Waals surface area contributed by atoms with Gasteiger partial charge in [0.05, 0.1) is 5.92 Å². The van der Waals surface area contributed by atoms with E-state index in [4.69, 9.17) is 4.74 Å². The molecule has 1 aromatic rings. The monoisotopic (exact) mass is 217 g/mol. The summed E-state index contributed by atoms with van der Waals surface area (Å²) in [6.45, 7) is 0.392. The molecule has 2 nitrogen and oxygen atoms in total. The van der Waals surface area contributed by atoms with Crippen LogP contribution in [0.4, 0.5) is 0 Å². The predicted molar refractivity (Wildman–Crippen MR) is 62.6 cm³/mol. The third-order valence-electron chi connectivity index (χ3n) is 2.96. The lowest BCUT2D eigenvalue weighted by Crippen LogP contribution is -2.18. The molecule has 1 aliphatic rings. The Hall–Kier alpha value is -1.31. The number of esters is 1. The molecular weight excluding hydrogens is 200 g/mol. The second-order valence-electron chi connectivity index (χ2n) is 4.23. The first-order valence-corrected chi connectivity index (χ1v) is 5.92. The van der Waals surface area contributed by atoms with Crippen molar-refractivity contribution in [2.24, 2.45) is 0 Å². The molecule has 0 heterocycles. The van der Waals surface area contributed by atoms with Crippen molar-refractivity contribution in [3.05, 3.63) is 41.8 Å². The minimum Gasteiger partial charge on any atom is -0.460 e. The number of carbonyl (C=O) groups excluding carboxylic acids is 1. The first kappa shape index (κ1) is 11.2. The maximum atomic E-state index is 11.7. The predicted octanol–water partition coefficient (Wildman–Crippen LogP) is 3.27. The Labute approximate surface area is 96.6 Å². The van der Waals surface area contributed by atoms with Gasteiger partial charge in [-0.05, 0) is 18.4 Å². The Bertz CT molecular complexity index is 326. The molecule has 2 rings (SSSR count). The number of benzene rings is 1. The van der Waals surface area contributed by atoms with Crippen molar-refractivity contribution in [1.29, 1.82) is 0 Å². The van der Waals surface area contributed by atoms with Crippen molar-refractivity contribution in [3.63, 3.8) is 0 Å². The lowest BCUT2D eigenvalue weighted by atomic mass is 9.89. The Balaban J connectivity index is 1.79. The van der Waals surface area contributed by atoms with Crippen LogP contribution in [0, 0.1) is 5.92 Å². The summed E-state index contributed by atoms with van der Waals surface area (Å²) in [6, 6.07) is 9.81. The molecule has 0 saturated heterocycles. The smallest absolute Gasteiger partial charge is 0.313 e. The fraction of sp³-hybridized carbons (Fsp3) is 0.429. The van der Waals surface area contributed by atoms with Gasteiger partial charge in [0.15, 0.2) is 0 Å². The Morgan fingerprint density at radius 1 is 1.06 bits per heavy atom. The van der Waals surface area contributed by atoms with Crippen molar-refractivity contribution in [1.82, 2.24) is 0 Å². The first-order chi connectivity index (χ1) is 7.86. The van der Waals surface area contributed by atoms with E-state index in [1.54, 1.807) is 0 Å². The quantitative estimate of drug-likeness (QED) is 0.726. The lowest BCUT2D eigenvalue weighted by Gasteiger charge is -2.19. The van der Waals surface area contributed by atoms with Crippen LogP contribution in [-0.4, -0.2) is 5.97 Å². The largest absolute Gasteiger partial charge is 0.460 e. The van der Waals surface area contributed by atoms with Crippen molar-refractivity contribution >= 4 is 5.97 Å². The van der Waals surface area contributed by atoms with Crippen LogP contribution in [-0.2, 0) is 16.1 Å². The highest BCUT2D eigenvalue weighted by Gasteiger charge is 2.23. The van der Waals surface area contributed by atoms with E-state index < -0.39 is 0 Å². The molecule has 1 radical (unpaired) electrons. The molecule has 0 amide bonds.